The molecular weight excluding hydrogens is 246 g/mol. The molecule has 0 aliphatic carbocycles. The van der Waals surface area contributed by atoms with E-state index in [1.54, 1.807) is 0 Å². The molecular formula is C17H25N3. The molecule has 0 aliphatic rings. The number of nitrogens with one attached hydrogen (secondary N) is 1. The van der Waals surface area contributed by atoms with E-state index < -0.39 is 0 Å². The van der Waals surface area contributed by atoms with Crippen molar-refractivity contribution in [1.29, 1.82) is 0 Å². The summed E-state index contributed by atoms with van der Waals surface area (Å²) >= 11 is 0. The van der Waals surface area contributed by atoms with Gasteiger partial charge in [-0.05, 0) is 37.9 Å². The van der Waals surface area contributed by atoms with Gasteiger partial charge in [-0.3, -0.25) is 4.68 Å². The number of hydrogen-bond acceptors (Lipinski definition) is 2. The van der Waals surface area contributed by atoms with Crippen molar-refractivity contribution < 1.29 is 0 Å². The molecule has 2 aromatic rings. The SMILES string of the molecule is CCNC(c1ccc(CC)cc1)c1c(C)nn(C)c1C. The van der Waals surface area contributed by atoms with Crippen LogP contribution >= 0.6 is 0 Å². The van der Waals surface area contributed by atoms with E-state index in [4.69, 9.17) is 0 Å². The number of aryl methyl sites for hydroxylation is 3. The summed E-state index contributed by atoms with van der Waals surface area (Å²) < 4.78 is 1.97. The Morgan fingerprint density at radius 2 is 1.80 bits per heavy atom. The van der Waals surface area contributed by atoms with Crippen LogP contribution in [0.15, 0.2) is 24.3 Å². The van der Waals surface area contributed by atoms with Crippen LogP contribution in [0, 0.1) is 13.8 Å². The normalized spacial score (nSPS) is 12.7. The molecule has 0 fully saturated rings. The number of rotatable bonds is 5. The number of aromatic nitrogens is 2. The zero-order valence-electron chi connectivity index (χ0n) is 13.2. The van der Waals surface area contributed by atoms with Crippen LogP contribution in [0.25, 0.3) is 0 Å². The Morgan fingerprint density at radius 3 is 2.25 bits per heavy atom. The van der Waals surface area contributed by atoms with Crippen LogP contribution in [0.4, 0.5) is 0 Å². The molecule has 1 unspecified atom stereocenters. The molecule has 1 aromatic heterocycles. The van der Waals surface area contributed by atoms with Crippen molar-refractivity contribution in [3.63, 3.8) is 0 Å². The molecule has 0 spiro atoms. The van der Waals surface area contributed by atoms with Crippen LogP contribution in [-0.2, 0) is 13.5 Å². The molecule has 0 aliphatic heterocycles. The lowest BCUT2D eigenvalue weighted by Crippen LogP contribution is -2.23. The third-order valence-corrected chi connectivity index (χ3v) is 3.98. The molecule has 20 heavy (non-hydrogen) atoms. The first-order chi connectivity index (χ1) is 9.58. The quantitative estimate of drug-likeness (QED) is 0.904. The second kappa shape index (κ2) is 6.23. The summed E-state index contributed by atoms with van der Waals surface area (Å²) in [5.41, 5.74) is 6.33. The molecule has 0 amide bonds. The Hall–Kier alpha value is -1.61. The lowest BCUT2D eigenvalue weighted by Gasteiger charge is -2.19. The van der Waals surface area contributed by atoms with Crippen LogP contribution in [-0.4, -0.2) is 16.3 Å². The molecule has 3 heteroatoms. The van der Waals surface area contributed by atoms with E-state index in [9.17, 15) is 0 Å². The molecule has 1 aromatic carbocycles. The third kappa shape index (κ3) is 2.78. The van der Waals surface area contributed by atoms with Crippen molar-refractivity contribution in [2.24, 2.45) is 7.05 Å². The molecule has 0 saturated heterocycles. The van der Waals surface area contributed by atoms with Gasteiger partial charge in [-0.15, -0.1) is 0 Å². The first kappa shape index (κ1) is 14.8. The molecule has 1 N–H and O–H groups in total. The van der Waals surface area contributed by atoms with E-state index in [0.717, 1.165) is 18.7 Å². The fraction of sp³-hybridized carbons (Fsp3) is 0.471. The Labute approximate surface area is 122 Å². The second-order valence-electron chi connectivity index (χ2n) is 5.29. The van der Waals surface area contributed by atoms with Gasteiger partial charge < -0.3 is 5.32 Å². The average Bonchev–Trinajstić information content (AvgIpc) is 2.70. The van der Waals surface area contributed by atoms with Crippen molar-refractivity contribution in [1.82, 2.24) is 15.1 Å². The number of nitrogens with zero attached hydrogens (tertiary/aromatic N) is 2. The maximum atomic E-state index is 4.55. The van der Waals surface area contributed by atoms with Crippen LogP contribution < -0.4 is 5.32 Å². The van der Waals surface area contributed by atoms with Crippen LogP contribution in [0.1, 0.15) is 48.0 Å². The van der Waals surface area contributed by atoms with Crippen LogP contribution in [0.5, 0.6) is 0 Å². The van der Waals surface area contributed by atoms with E-state index in [0.29, 0.717) is 0 Å². The average molecular weight is 271 g/mol. The summed E-state index contributed by atoms with van der Waals surface area (Å²) in [6.45, 7) is 9.50. The van der Waals surface area contributed by atoms with Gasteiger partial charge in [0.05, 0.1) is 11.7 Å². The predicted molar refractivity (Wildman–Crippen MR) is 84.0 cm³/mol. The van der Waals surface area contributed by atoms with Gasteiger partial charge in [0.2, 0.25) is 0 Å². The standard InChI is InChI=1S/C17H25N3/c1-6-14-8-10-15(11-9-14)17(18-7-2)16-12(3)19-20(5)13(16)4/h8-11,17-18H,6-7H2,1-5H3. The highest BCUT2D eigenvalue weighted by molar-refractivity contribution is 5.38. The highest BCUT2D eigenvalue weighted by Gasteiger charge is 2.20. The summed E-state index contributed by atoms with van der Waals surface area (Å²) in [6.07, 6.45) is 1.08. The van der Waals surface area contributed by atoms with Crippen molar-refractivity contribution in [2.75, 3.05) is 6.54 Å². The molecule has 1 heterocycles. The molecule has 0 radical (unpaired) electrons. The van der Waals surface area contributed by atoms with Crippen molar-refractivity contribution in [3.8, 4) is 0 Å². The van der Waals surface area contributed by atoms with Crippen molar-refractivity contribution >= 4 is 0 Å². The lowest BCUT2D eigenvalue weighted by molar-refractivity contribution is 0.622. The highest BCUT2D eigenvalue weighted by Crippen LogP contribution is 2.27. The van der Waals surface area contributed by atoms with Crippen LogP contribution in [0.3, 0.4) is 0 Å². The Bertz CT molecular complexity index is 567. The van der Waals surface area contributed by atoms with E-state index in [-0.39, 0.29) is 6.04 Å². The zero-order chi connectivity index (χ0) is 14.7. The molecule has 1 atom stereocenters. The molecule has 108 valence electrons. The second-order valence-corrected chi connectivity index (χ2v) is 5.29. The zero-order valence-corrected chi connectivity index (χ0v) is 13.2. The smallest absolute Gasteiger partial charge is 0.0647 e. The third-order valence-electron chi connectivity index (χ3n) is 3.98. The summed E-state index contributed by atoms with van der Waals surface area (Å²) in [7, 11) is 2.01. The van der Waals surface area contributed by atoms with Gasteiger partial charge in [0.25, 0.3) is 0 Å². The number of hydrogen-bond donors (Lipinski definition) is 1. The fourth-order valence-corrected chi connectivity index (χ4v) is 2.74. The summed E-state index contributed by atoms with van der Waals surface area (Å²) in [4.78, 5) is 0. The van der Waals surface area contributed by atoms with E-state index in [2.05, 4.69) is 62.4 Å². The maximum absolute atomic E-state index is 4.55. The topological polar surface area (TPSA) is 29.9 Å². The van der Waals surface area contributed by atoms with Gasteiger partial charge in [0.1, 0.15) is 0 Å². The van der Waals surface area contributed by atoms with Gasteiger partial charge in [-0.1, -0.05) is 38.1 Å². The van der Waals surface area contributed by atoms with Gasteiger partial charge in [0.15, 0.2) is 0 Å². The van der Waals surface area contributed by atoms with E-state index >= 15 is 0 Å². The Morgan fingerprint density at radius 1 is 1.15 bits per heavy atom. The summed E-state index contributed by atoms with van der Waals surface area (Å²) in [5.74, 6) is 0. The summed E-state index contributed by atoms with van der Waals surface area (Å²) in [6, 6.07) is 9.14. The molecule has 3 nitrogen and oxygen atoms in total. The molecule has 0 bridgehead atoms. The minimum absolute atomic E-state index is 0.222. The largest absolute Gasteiger partial charge is 0.306 e. The molecule has 2 rings (SSSR count). The Balaban J connectivity index is 2.44. The highest BCUT2D eigenvalue weighted by atomic mass is 15.3. The Kier molecular flexibility index (Phi) is 4.61. The van der Waals surface area contributed by atoms with Gasteiger partial charge in [-0.25, -0.2) is 0 Å². The lowest BCUT2D eigenvalue weighted by atomic mass is 9.96. The van der Waals surface area contributed by atoms with E-state index in [1.165, 1.54) is 22.4 Å². The van der Waals surface area contributed by atoms with Gasteiger partial charge in [0, 0.05) is 18.3 Å². The van der Waals surface area contributed by atoms with Gasteiger partial charge in [-0.2, -0.15) is 5.10 Å². The van der Waals surface area contributed by atoms with Crippen LogP contribution in [0.2, 0.25) is 0 Å². The van der Waals surface area contributed by atoms with Crippen molar-refractivity contribution in [2.45, 2.75) is 40.2 Å². The van der Waals surface area contributed by atoms with Crippen molar-refractivity contribution in [3.05, 3.63) is 52.3 Å². The first-order valence-electron chi connectivity index (χ1n) is 7.40. The fourth-order valence-electron chi connectivity index (χ4n) is 2.74. The van der Waals surface area contributed by atoms with Gasteiger partial charge >= 0.3 is 0 Å². The first-order valence-corrected chi connectivity index (χ1v) is 7.40. The molecule has 0 saturated carbocycles. The number of benzene rings is 1. The predicted octanol–water partition coefficient (Wildman–Crippen LogP) is 3.30. The minimum atomic E-state index is 0.222. The minimum Gasteiger partial charge on any atom is -0.306 e. The summed E-state index contributed by atoms with van der Waals surface area (Å²) in [5, 5.41) is 8.14. The maximum Gasteiger partial charge on any atom is 0.0647 e. The monoisotopic (exact) mass is 271 g/mol. The van der Waals surface area contributed by atoms with E-state index in [1.807, 2.05) is 11.7 Å².